The lowest BCUT2D eigenvalue weighted by Crippen LogP contribution is -2.45. The molecule has 12 heteroatoms. The molecule has 278 valence electrons. The van der Waals surface area contributed by atoms with Crippen LogP contribution in [0.3, 0.4) is 0 Å². The number of aromatic amines is 1. The Morgan fingerprint density at radius 2 is 1.85 bits per heavy atom. The quantitative estimate of drug-likeness (QED) is 0.0819. The van der Waals surface area contributed by atoms with E-state index in [1.165, 1.54) is 17.7 Å². The van der Waals surface area contributed by atoms with E-state index in [0.29, 0.717) is 86.3 Å². The lowest BCUT2D eigenvalue weighted by molar-refractivity contribution is -0.134. The number of anilines is 1. The van der Waals surface area contributed by atoms with Crippen LogP contribution in [0.4, 0.5) is 10.1 Å². The van der Waals surface area contributed by atoms with Crippen molar-refractivity contribution in [1.29, 1.82) is 0 Å². The van der Waals surface area contributed by atoms with E-state index in [2.05, 4.69) is 61.2 Å². The van der Waals surface area contributed by atoms with Gasteiger partial charge in [-0.15, -0.1) is 0 Å². The number of nitrogens with one attached hydrogen (secondary N) is 2. The Labute approximate surface area is 310 Å². The lowest BCUT2D eigenvalue weighted by Gasteiger charge is -2.33. The van der Waals surface area contributed by atoms with Gasteiger partial charge in [-0.05, 0) is 81.0 Å². The molecule has 2 N–H and O–H groups in total. The van der Waals surface area contributed by atoms with Gasteiger partial charge in [-0.25, -0.2) is 14.4 Å². The maximum atomic E-state index is 15.0. The number of ether oxygens (including phenoxy) is 2. The van der Waals surface area contributed by atoms with Crippen LogP contribution in [0, 0.1) is 5.41 Å². The minimum absolute atomic E-state index is 0.0812. The van der Waals surface area contributed by atoms with E-state index in [9.17, 15) is 14.0 Å². The van der Waals surface area contributed by atoms with Gasteiger partial charge in [-0.2, -0.15) is 5.10 Å². The molecule has 0 spiro atoms. The number of amides is 2. The summed E-state index contributed by atoms with van der Waals surface area (Å²) >= 11 is 0. The average Bonchev–Trinajstić information content (AvgIpc) is 3.82. The first-order valence-corrected chi connectivity index (χ1v) is 18.2. The van der Waals surface area contributed by atoms with Crippen molar-refractivity contribution in [1.82, 2.24) is 30.0 Å². The van der Waals surface area contributed by atoms with Gasteiger partial charge in [0.1, 0.15) is 18.1 Å². The molecule has 4 aromatic rings. The minimum atomic E-state index is -0.626. The number of piperidine rings is 1. The summed E-state index contributed by atoms with van der Waals surface area (Å²) < 4.78 is 25.4. The first-order valence-electron chi connectivity index (χ1n) is 18.2. The highest BCUT2D eigenvalue weighted by atomic mass is 19.1. The molecule has 2 aromatic carbocycles. The number of hydrogen-bond donors (Lipinski definition) is 2. The topological polar surface area (TPSA) is 126 Å². The fourth-order valence-electron chi connectivity index (χ4n) is 7.22. The van der Waals surface area contributed by atoms with Gasteiger partial charge in [0.2, 0.25) is 11.8 Å². The summed E-state index contributed by atoms with van der Waals surface area (Å²) in [5, 5.41) is 11.2. The zero-order valence-electron chi connectivity index (χ0n) is 30.7. The molecule has 2 aliphatic rings. The summed E-state index contributed by atoms with van der Waals surface area (Å²) in [7, 11) is 1.55. The van der Waals surface area contributed by atoms with Crippen molar-refractivity contribution in [2.75, 3.05) is 58.4 Å². The van der Waals surface area contributed by atoms with E-state index in [0.717, 1.165) is 23.9 Å². The Morgan fingerprint density at radius 1 is 1.09 bits per heavy atom. The monoisotopic (exact) mass is 721 g/mol. The number of allylic oxidation sites excluding steroid dienone is 5. The molecule has 2 aliphatic heterocycles. The van der Waals surface area contributed by atoms with Crippen molar-refractivity contribution in [3.05, 3.63) is 102 Å². The lowest BCUT2D eigenvalue weighted by atomic mass is 9.83. The SMILES string of the molecule is C=C/C(=C\C(F)=C(/C)OCCOC)c1n[nH]c2ccc(NC(=O)[C@]3(CC)CCN(CC(=O)N4CCC(c5ccc(-c6ncccn6)cc5)CC4)C3)cc12. The Bertz CT molecular complexity index is 1970. The number of aromatic nitrogens is 4. The van der Waals surface area contributed by atoms with Crippen LogP contribution in [0.15, 0.2) is 91.2 Å². The maximum absolute atomic E-state index is 15.0. The van der Waals surface area contributed by atoms with Crippen LogP contribution < -0.4 is 5.32 Å². The fourth-order valence-corrected chi connectivity index (χ4v) is 7.22. The van der Waals surface area contributed by atoms with E-state index < -0.39 is 11.2 Å². The molecule has 2 amide bonds. The van der Waals surface area contributed by atoms with Crippen LogP contribution in [0.1, 0.15) is 56.7 Å². The predicted molar refractivity (Wildman–Crippen MR) is 204 cm³/mol. The van der Waals surface area contributed by atoms with Gasteiger partial charge < -0.3 is 19.7 Å². The fraction of sp³-hybridized carbons (Fsp3) is 0.390. The molecule has 4 heterocycles. The molecule has 0 aliphatic carbocycles. The van der Waals surface area contributed by atoms with Gasteiger partial charge in [0, 0.05) is 61.3 Å². The van der Waals surface area contributed by atoms with Crippen LogP contribution in [-0.2, 0) is 19.1 Å². The molecular weight excluding hydrogens is 673 g/mol. The highest BCUT2D eigenvalue weighted by molar-refractivity contribution is 6.00. The zero-order valence-corrected chi connectivity index (χ0v) is 30.7. The molecule has 2 saturated heterocycles. The Balaban J connectivity index is 1.04. The van der Waals surface area contributed by atoms with E-state index in [1.807, 2.05) is 36.1 Å². The van der Waals surface area contributed by atoms with Crippen LogP contribution in [-0.4, -0.2) is 94.8 Å². The van der Waals surface area contributed by atoms with E-state index in [1.54, 1.807) is 26.4 Å². The summed E-state index contributed by atoms with van der Waals surface area (Å²) in [6, 6.07) is 15.7. The minimum Gasteiger partial charge on any atom is -0.493 e. The molecule has 11 nitrogen and oxygen atoms in total. The second-order valence-corrected chi connectivity index (χ2v) is 13.8. The van der Waals surface area contributed by atoms with Crippen molar-refractivity contribution >= 4 is 34.0 Å². The van der Waals surface area contributed by atoms with Crippen LogP contribution >= 0.6 is 0 Å². The third kappa shape index (κ3) is 8.72. The Morgan fingerprint density at radius 3 is 2.55 bits per heavy atom. The number of halogens is 1. The number of nitrogens with zero attached hydrogens (tertiary/aromatic N) is 5. The molecule has 0 bridgehead atoms. The number of carbonyl (C=O) groups is 2. The average molecular weight is 722 g/mol. The molecule has 0 radical (unpaired) electrons. The summed E-state index contributed by atoms with van der Waals surface area (Å²) in [4.78, 5) is 40.1. The molecular formula is C41H48FN7O4. The van der Waals surface area contributed by atoms with Crippen molar-refractivity contribution in [3.8, 4) is 11.4 Å². The zero-order chi connectivity index (χ0) is 37.4. The van der Waals surface area contributed by atoms with Crippen molar-refractivity contribution in [3.63, 3.8) is 0 Å². The van der Waals surface area contributed by atoms with Gasteiger partial charge in [0.25, 0.3) is 0 Å². The van der Waals surface area contributed by atoms with Gasteiger partial charge in [0.05, 0.1) is 24.1 Å². The molecule has 6 rings (SSSR count). The van der Waals surface area contributed by atoms with Gasteiger partial charge >= 0.3 is 0 Å². The maximum Gasteiger partial charge on any atom is 0.236 e. The normalized spacial score (nSPS) is 18.9. The highest BCUT2D eigenvalue weighted by Crippen LogP contribution is 2.37. The number of H-pyrrole nitrogens is 1. The van der Waals surface area contributed by atoms with Crippen molar-refractivity contribution < 1.29 is 23.5 Å². The summed E-state index contributed by atoms with van der Waals surface area (Å²) in [5.74, 6) is 0.731. The van der Waals surface area contributed by atoms with Crippen LogP contribution in [0.2, 0.25) is 0 Å². The van der Waals surface area contributed by atoms with Gasteiger partial charge in [-0.3, -0.25) is 19.6 Å². The van der Waals surface area contributed by atoms with Gasteiger partial charge in [0.15, 0.2) is 11.7 Å². The third-order valence-electron chi connectivity index (χ3n) is 10.5. The van der Waals surface area contributed by atoms with E-state index >= 15 is 0 Å². The molecule has 2 aromatic heterocycles. The number of rotatable bonds is 14. The van der Waals surface area contributed by atoms with Crippen LogP contribution in [0.25, 0.3) is 27.9 Å². The van der Waals surface area contributed by atoms with Crippen molar-refractivity contribution in [2.24, 2.45) is 5.41 Å². The van der Waals surface area contributed by atoms with Crippen LogP contribution in [0.5, 0.6) is 0 Å². The molecule has 0 saturated carbocycles. The molecule has 1 atom stereocenters. The second-order valence-electron chi connectivity index (χ2n) is 13.8. The standard InChI is InChI=1S/C41H48FN7O4/c1-5-29(24-35(42)28(3)53-23-22-52-4)38-34-25-33(12-13-36(34)46-47-38)45-40(51)41(6-2)16-21-48(27-41)26-37(50)49-19-14-31(15-20-49)30-8-10-32(11-9-30)39-43-17-7-18-44-39/h5,7-13,17-18,24-25,31H,1,6,14-16,19-23,26-27H2,2-4H3,(H,45,51)(H,46,47)/b29-24+,35-28-/t41-/m1/s1. The Kier molecular flexibility index (Phi) is 12.1. The summed E-state index contributed by atoms with van der Waals surface area (Å²) in [6.07, 6.45) is 9.49. The molecule has 0 unspecified atom stereocenters. The first kappa shape index (κ1) is 37.6. The third-order valence-corrected chi connectivity index (χ3v) is 10.5. The molecule has 53 heavy (non-hydrogen) atoms. The van der Waals surface area contributed by atoms with E-state index in [4.69, 9.17) is 9.47 Å². The van der Waals surface area contributed by atoms with Gasteiger partial charge in [-0.1, -0.05) is 43.8 Å². The van der Waals surface area contributed by atoms with Crippen molar-refractivity contribution in [2.45, 2.75) is 45.4 Å². The number of fused-ring (bicyclic) bond motifs is 1. The smallest absolute Gasteiger partial charge is 0.236 e. The number of carbonyl (C=O) groups excluding carboxylic acids is 2. The first-order chi connectivity index (χ1) is 25.7. The summed E-state index contributed by atoms with van der Waals surface area (Å²) in [5.41, 5.74) is 3.95. The Hall–Kier alpha value is -5.20. The predicted octanol–water partition coefficient (Wildman–Crippen LogP) is 6.90. The number of likely N-dealkylation sites (tertiary alicyclic amines) is 2. The molecule has 2 fully saturated rings. The highest BCUT2D eigenvalue weighted by Gasteiger charge is 2.44. The largest absolute Gasteiger partial charge is 0.493 e. The number of benzene rings is 2. The summed E-state index contributed by atoms with van der Waals surface area (Å²) in [6.45, 7) is 10.9. The number of hydrogen-bond acceptors (Lipinski definition) is 8. The van der Waals surface area contributed by atoms with E-state index in [-0.39, 0.29) is 24.2 Å². The number of methoxy groups -OCH3 is 1. The second kappa shape index (κ2) is 17.1.